The minimum atomic E-state index is -5.01. The monoisotopic (exact) mass is 375 g/mol. The summed E-state index contributed by atoms with van der Waals surface area (Å²) < 4.78 is 78.1. The van der Waals surface area contributed by atoms with E-state index < -0.39 is 35.0 Å². The summed E-state index contributed by atoms with van der Waals surface area (Å²) in [5.74, 6) is -0.576. The van der Waals surface area contributed by atoms with E-state index in [1.54, 1.807) is 0 Å². The van der Waals surface area contributed by atoms with Crippen molar-refractivity contribution in [2.45, 2.75) is 19.3 Å². The van der Waals surface area contributed by atoms with Crippen LogP contribution in [0, 0.1) is 0 Å². The molecule has 0 radical (unpaired) electrons. The molecule has 3 nitrogen and oxygen atoms in total. The van der Waals surface area contributed by atoms with Crippen molar-refractivity contribution < 1.29 is 35.9 Å². The van der Waals surface area contributed by atoms with E-state index >= 15 is 0 Å². The molecule has 0 aliphatic rings. The van der Waals surface area contributed by atoms with Gasteiger partial charge in [-0.2, -0.15) is 26.3 Å². The smallest absolute Gasteiger partial charge is 0.326 e. The Balaban J connectivity index is 2.78. The quantitative estimate of drug-likeness (QED) is 0.595. The third kappa shape index (κ3) is 4.41. The number of anilines is 1. The highest BCUT2D eigenvalue weighted by Gasteiger charge is 2.37. The molecule has 0 saturated carbocycles. The Bertz CT molecular complexity index is 823. The second-order valence-electron chi connectivity index (χ2n) is 5.40. The lowest BCUT2D eigenvalue weighted by molar-refractivity contribution is -0.143. The molecule has 138 valence electrons. The van der Waals surface area contributed by atoms with Gasteiger partial charge < -0.3 is 5.32 Å². The number of carbonyl (C=O) groups excluding carboxylic acids is 2. The van der Waals surface area contributed by atoms with Gasteiger partial charge in [-0.05, 0) is 42.0 Å². The van der Waals surface area contributed by atoms with Gasteiger partial charge in [0.05, 0.1) is 11.1 Å². The van der Waals surface area contributed by atoms with Gasteiger partial charge in [0.1, 0.15) is 6.29 Å². The number of alkyl halides is 6. The molecule has 0 saturated heterocycles. The maximum atomic E-state index is 13.0. The van der Waals surface area contributed by atoms with Gasteiger partial charge in [0.2, 0.25) is 5.91 Å². The van der Waals surface area contributed by atoms with Crippen LogP contribution in [0.1, 0.15) is 28.4 Å². The largest absolute Gasteiger partial charge is 0.416 e. The summed E-state index contributed by atoms with van der Waals surface area (Å²) in [6.07, 6.45) is -9.63. The van der Waals surface area contributed by atoms with Gasteiger partial charge in [-0.25, -0.2) is 0 Å². The molecule has 2 aromatic rings. The Morgan fingerprint density at radius 3 is 1.88 bits per heavy atom. The Labute approximate surface area is 143 Å². The van der Waals surface area contributed by atoms with Gasteiger partial charge in [-0.15, -0.1) is 0 Å². The normalized spacial score (nSPS) is 12.0. The third-order valence-corrected chi connectivity index (χ3v) is 3.39. The molecule has 0 bridgehead atoms. The van der Waals surface area contributed by atoms with E-state index in [9.17, 15) is 35.9 Å². The van der Waals surface area contributed by atoms with E-state index in [1.807, 2.05) is 0 Å². The highest BCUT2D eigenvalue weighted by Crippen LogP contribution is 2.40. The molecule has 0 aromatic heterocycles. The van der Waals surface area contributed by atoms with Crippen LogP contribution in [0.2, 0.25) is 0 Å². The van der Waals surface area contributed by atoms with Crippen LogP contribution in [0.25, 0.3) is 11.1 Å². The maximum Gasteiger partial charge on any atom is 0.416 e. The van der Waals surface area contributed by atoms with Gasteiger partial charge in [0.15, 0.2) is 0 Å². The van der Waals surface area contributed by atoms with Crippen molar-refractivity contribution in [1.29, 1.82) is 0 Å². The van der Waals surface area contributed by atoms with Crippen LogP contribution >= 0.6 is 0 Å². The Morgan fingerprint density at radius 2 is 1.46 bits per heavy atom. The number of carbonyl (C=O) groups is 2. The number of nitrogens with one attached hydrogen (secondary N) is 1. The first kappa shape index (κ1) is 19.5. The summed E-state index contributed by atoms with van der Waals surface area (Å²) in [6.45, 7) is 1.13. The lowest BCUT2D eigenvalue weighted by atomic mass is 9.96. The van der Waals surface area contributed by atoms with Crippen molar-refractivity contribution in [3.05, 3.63) is 53.1 Å². The zero-order valence-electron chi connectivity index (χ0n) is 13.1. The van der Waals surface area contributed by atoms with E-state index in [1.165, 1.54) is 12.1 Å². The molecule has 2 rings (SSSR count). The SMILES string of the molecule is CC(=O)Nc1ccc(C=O)cc1-c1cc(C(F)(F)F)cc(C(F)(F)F)c1. The standard InChI is InChI=1S/C17H11F6NO2/c1-9(26)24-15-3-2-10(8-25)4-14(15)11-5-12(16(18,19)20)7-13(6-11)17(21,22)23/h2-8H,1H3,(H,24,26). The van der Waals surface area contributed by atoms with E-state index in [4.69, 9.17) is 0 Å². The zero-order chi connectivity index (χ0) is 19.7. The predicted octanol–water partition coefficient (Wildman–Crippen LogP) is 5.16. The molecule has 9 heteroatoms. The summed E-state index contributed by atoms with van der Waals surface area (Å²) in [6, 6.07) is 4.68. The van der Waals surface area contributed by atoms with Crippen molar-refractivity contribution in [2.75, 3.05) is 5.32 Å². The summed E-state index contributed by atoms with van der Waals surface area (Å²) in [5, 5.41) is 2.32. The highest BCUT2D eigenvalue weighted by molar-refractivity contribution is 5.95. The molecule has 0 atom stereocenters. The summed E-state index contributed by atoms with van der Waals surface area (Å²) in [7, 11) is 0. The van der Waals surface area contributed by atoms with Gasteiger partial charge in [-0.1, -0.05) is 0 Å². The van der Waals surface area contributed by atoms with E-state index in [2.05, 4.69) is 5.32 Å². The summed E-state index contributed by atoms with van der Waals surface area (Å²) >= 11 is 0. The van der Waals surface area contributed by atoms with Crippen molar-refractivity contribution in [3.63, 3.8) is 0 Å². The molecule has 1 N–H and O–H groups in total. The molecule has 0 fully saturated rings. The molecular weight excluding hydrogens is 364 g/mol. The van der Waals surface area contributed by atoms with Gasteiger partial charge in [0.25, 0.3) is 0 Å². The van der Waals surface area contributed by atoms with Gasteiger partial charge >= 0.3 is 12.4 Å². The lowest BCUT2D eigenvalue weighted by Crippen LogP contribution is -2.12. The number of halogens is 6. The number of hydrogen-bond acceptors (Lipinski definition) is 2. The van der Waals surface area contributed by atoms with Gasteiger partial charge in [0, 0.05) is 23.7 Å². The Morgan fingerprint density at radius 1 is 0.923 bits per heavy atom. The van der Waals surface area contributed by atoms with E-state index in [0.717, 1.165) is 13.0 Å². The van der Waals surface area contributed by atoms with Crippen LogP contribution in [0.15, 0.2) is 36.4 Å². The van der Waals surface area contributed by atoms with Crippen LogP contribution in [0.4, 0.5) is 32.0 Å². The average Bonchev–Trinajstić information content (AvgIpc) is 2.52. The molecule has 26 heavy (non-hydrogen) atoms. The van der Waals surface area contributed by atoms with E-state index in [-0.39, 0.29) is 22.9 Å². The Kier molecular flexibility index (Phi) is 5.11. The van der Waals surface area contributed by atoms with E-state index in [0.29, 0.717) is 18.4 Å². The molecule has 1 amide bonds. The number of rotatable bonds is 3. The number of hydrogen-bond donors (Lipinski definition) is 1. The zero-order valence-corrected chi connectivity index (χ0v) is 13.1. The first-order chi connectivity index (χ1) is 11.9. The molecule has 0 heterocycles. The van der Waals surface area contributed by atoms with Crippen molar-refractivity contribution in [3.8, 4) is 11.1 Å². The topological polar surface area (TPSA) is 46.2 Å². The fourth-order valence-electron chi connectivity index (χ4n) is 2.28. The third-order valence-electron chi connectivity index (χ3n) is 3.39. The van der Waals surface area contributed by atoms with Crippen LogP contribution < -0.4 is 5.32 Å². The van der Waals surface area contributed by atoms with Gasteiger partial charge in [-0.3, -0.25) is 9.59 Å². The number of amides is 1. The fourth-order valence-corrected chi connectivity index (χ4v) is 2.28. The first-order valence-corrected chi connectivity index (χ1v) is 7.08. The predicted molar refractivity (Wildman–Crippen MR) is 81.6 cm³/mol. The minimum absolute atomic E-state index is 0.00511. The Hall–Kier alpha value is -2.84. The van der Waals surface area contributed by atoms with Crippen LogP contribution in [0.3, 0.4) is 0 Å². The van der Waals surface area contributed by atoms with Crippen molar-refractivity contribution >= 4 is 17.9 Å². The average molecular weight is 375 g/mol. The maximum absolute atomic E-state index is 13.0. The number of benzene rings is 2. The fraction of sp³-hybridized carbons (Fsp3) is 0.176. The summed E-state index contributed by atoms with van der Waals surface area (Å²) in [5.41, 5.74) is -3.54. The minimum Gasteiger partial charge on any atom is -0.326 e. The molecule has 0 aliphatic heterocycles. The first-order valence-electron chi connectivity index (χ1n) is 7.08. The molecule has 0 aliphatic carbocycles. The second kappa shape index (κ2) is 6.81. The lowest BCUT2D eigenvalue weighted by Gasteiger charge is -2.16. The molecule has 0 spiro atoms. The van der Waals surface area contributed by atoms with Crippen LogP contribution in [-0.4, -0.2) is 12.2 Å². The second-order valence-corrected chi connectivity index (χ2v) is 5.40. The molecular formula is C17H11F6NO2. The summed E-state index contributed by atoms with van der Waals surface area (Å²) in [4.78, 5) is 22.2. The molecule has 0 unspecified atom stereocenters. The highest BCUT2D eigenvalue weighted by atomic mass is 19.4. The molecule has 2 aromatic carbocycles. The van der Waals surface area contributed by atoms with Crippen LogP contribution in [-0.2, 0) is 17.1 Å². The van der Waals surface area contributed by atoms with Crippen molar-refractivity contribution in [1.82, 2.24) is 0 Å². The number of aldehydes is 1. The van der Waals surface area contributed by atoms with Crippen LogP contribution in [0.5, 0.6) is 0 Å². The van der Waals surface area contributed by atoms with Crippen molar-refractivity contribution in [2.24, 2.45) is 0 Å².